The van der Waals surface area contributed by atoms with Gasteiger partial charge < -0.3 is 0 Å². The first kappa shape index (κ1) is 14.5. The zero-order valence-electron chi connectivity index (χ0n) is 12.0. The van der Waals surface area contributed by atoms with Gasteiger partial charge in [0.25, 0.3) is 5.82 Å². The normalized spacial score (nSPS) is 10.9. The predicted molar refractivity (Wildman–Crippen MR) is 83.2 cm³/mol. The first-order valence-corrected chi connectivity index (χ1v) is 6.86. The number of hydrogen-bond donors (Lipinski definition) is 1. The molecule has 1 aromatic heterocycles. The number of hydrogen-bond acceptors (Lipinski definition) is 1. The Morgan fingerprint density at radius 2 is 1.48 bits per heavy atom. The Bertz CT molecular complexity index is 655. The molecule has 0 aliphatic heterocycles. The third-order valence-corrected chi connectivity index (χ3v) is 3.03. The lowest BCUT2D eigenvalue weighted by Gasteiger charge is -2.01. The van der Waals surface area contributed by atoms with Crippen LogP contribution in [0.3, 0.4) is 0 Å². The van der Waals surface area contributed by atoms with Crippen LogP contribution in [-0.2, 0) is 0 Å². The first-order chi connectivity index (χ1) is 10.3. The molecule has 3 nitrogen and oxygen atoms in total. The summed E-state index contributed by atoms with van der Waals surface area (Å²) in [6, 6.07) is 24.0. The summed E-state index contributed by atoms with van der Waals surface area (Å²) in [5.74, 6) is 0.963. The highest BCUT2D eigenvalue weighted by Gasteiger charge is 2.17. The molecule has 0 fully saturated rings. The van der Waals surface area contributed by atoms with E-state index >= 15 is 0 Å². The van der Waals surface area contributed by atoms with Gasteiger partial charge in [0.2, 0.25) is 0 Å². The van der Waals surface area contributed by atoms with E-state index in [4.69, 9.17) is 5.26 Å². The van der Waals surface area contributed by atoms with Crippen molar-refractivity contribution >= 4 is 0 Å². The molecule has 3 rings (SSSR count). The lowest BCUT2D eigenvalue weighted by molar-refractivity contribution is -0.694. The number of benzene rings is 2. The van der Waals surface area contributed by atoms with Crippen LogP contribution in [0.25, 0.3) is 11.4 Å². The molecule has 1 N–H and O–H groups in total. The molecule has 0 spiro atoms. The van der Waals surface area contributed by atoms with E-state index in [9.17, 15) is 0 Å². The summed E-state index contributed by atoms with van der Waals surface area (Å²) in [6.45, 7) is 1.88. The summed E-state index contributed by atoms with van der Waals surface area (Å²) in [6.07, 6.45) is 3.73. The maximum atomic E-state index is 8.89. The minimum atomic E-state index is -0.161. The molecule has 1 heterocycles. The Labute approximate surface area is 125 Å². The summed E-state index contributed by atoms with van der Waals surface area (Å²) >= 11 is 0. The van der Waals surface area contributed by atoms with Crippen LogP contribution in [0, 0.1) is 11.3 Å². The fourth-order valence-corrected chi connectivity index (χ4v) is 1.94. The van der Waals surface area contributed by atoms with E-state index in [1.54, 1.807) is 0 Å². The topological polar surface area (TPSA) is 43.5 Å². The Balaban J connectivity index is 0.000000225. The Morgan fingerprint density at radius 3 is 2.00 bits per heavy atom. The van der Waals surface area contributed by atoms with Crippen molar-refractivity contribution in [2.75, 3.05) is 0 Å². The van der Waals surface area contributed by atoms with Crippen LogP contribution in [0.5, 0.6) is 0 Å². The van der Waals surface area contributed by atoms with Crippen molar-refractivity contribution in [2.45, 2.75) is 13.0 Å². The maximum Gasteiger partial charge on any atom is 0.287 e. The third kappa shape index (κ3) is 4.05. The van der Waals surface area contributed by atoms with Gasteiger partial charge in [-0.05, 0) is 19.1 Å². The Kier molecular flexibility index (Phi) is 5.31. The molecule has 2 aromatic carbocycles. The van der Waals surface area contributed by atoms with E-state index in [1.165, 1.54) is 0 Å². The van der Waals surface area contributed by atoms with Gasteiger partial charge in [-0.2, -0.15) is 5.26 Å². The molecule has 0 aliphatic rings. The van der Waals surface area contributed by atoms with Gasteiger partial charge in [-0.15, -0.1) is 0 Å². The zero-order chi connectivity index (χ0) is 14.9. The molecule has 0 saturated carbocycles. The summed E-state index contributed by atoms with van der Waals surface area (Å²) in [7, 11) is 0. The highest BCUT2D eigenvalue weighted by atomic mass is 15.1. The van der Waals surface area contributed by atoms with Gasteiger partial charge in [0, 0.05) is 0 Å². The van der Waals surface area contributed by atoms with Crippen LogP contribution in [0.4, 0.5) is 0 Å². The van der Waals surface area contributed by atoms with Gasteiger partial charge in [0.1, 0.15) is 18.5 Å². The summed E-state index contributed by atoms with van der Waals surface area (Å²) in [4.78, 5) is 3.15. The number of nitriles is 1. The molecule has 104 valence electrons. The van der Waals surface area contributed by atoms with E-state index in [0.717, 1.165) is 11.4 Å². The number of nitrogens with one attached hydrogen (secondary N) is 1. The van der Waals surface area contributed by atoms with Crippen molar-refractivity contribution in [2.24, 2.45) is 0 Å². The molecule has 3 heteroatoms. The van der Waals surface area contributed by atoms with Gasteiger partial charge in [-0.25, -0.2) is 9.55 Å². The van der Waals surface area contributed by atoms with Crippen LogP contribution >= 0.6 is 0 Å². The molecular weight excluding hydrogens is 258 g/mol. The Morgan fingerprint density at radius 1 is 0.952 bits per heavy atom. The SMILES string of the molecule is CC(C#N)[n+]1cc[nH]c1-c1ccccc1.c1ccccc1. The van der Waals surface area contributed by atoms with Crippen LogP contribution in [0.1, 0.15) is 13.0 Å². The molecule has 21 heavy (non-hydrogen) atoms. The van der Waals surface area contributed by atoms with E-state index in [2.05, 4.69) is 11.1 Å². The lowest BCUT2D eigenvalue weighted by atomic mass is 10.2. The average molecular weight is 276 g/mol. The van der Waals surface area contributed by atoms with Crippen molar-refractivity contribution in [3.05, 3.63) is 79.1 Å². The number of imidazole rings is 1. The number of H-pyrrole nitrogens is 1. The monoisotopic (exact) mass is 276 g/mol. The van der Waals surface area contributed by atoms with Gasteiger partial charge in [0.05, 0.1) is 5.56 Å². The van der Waals surface area contributed by atoms with Crippen molar-refractivity contribution in [3.63, 3.8) is 0 Å². The molecule has 0 aliphatic carbocycles. The molecule has 1 unspecified atom stereocenters. The van der Waals surface area contributed by atoms with Crippen LogP contribution < -0.4 is 4.57 Å². The molecular formula is C18H18N3+. The van der Waals surface area contributed by atoms with Crippen LogP contribution in [0.15, 0.2) is 79.1 Å². The molecule has 1 atom stereocenters. The molecule has 0 radical (unpaired) electrons. The van der Waals surface area contributed by atoms with Crippen molar-refractivity contribution in [3.8, 4) is 17.5 Å². The van der Waals surface area contributed by atoms with E-state index in [-0.39, 0.29) is 6.04 Å². The summed E-state index contributed by atoms with van der Waals surface area (Å²) in [5, 5.41) is 8.89. The van der Waals surface area contributed by atoms with Crippen molar-refractivity contribution in [1.82, 2.24) is 4.98 Å². The van der Waals surface area contributed by atoms with Gasteiger partial charge in [-0.3, -0.25) is 0 Å². The largest absolute Gasteiger partial charge is 0.287 e. The molecule has 0 saturated heterocycles. The van der Waals surface area contributed by atoms with E-state index in [1.807, 2.05) is 90.6 Å². The number of rotatable bonds is 2. The van der Waals surface area contributed by atoms with Crippen molar-refractivity contribution < 1.29 is 4.57 Å². The van der Waals surface area contributed by atoms with Crippen LogP contribution in [0.2, 0.25) is 0 Å². The van der Waals surface area contributed by atoms with E-state index in [0.29, 0.717) is 0 Å². The lowest BCUT2D eigenvalue weighted by Crippen LogP contribution is -2.37. The number of aromatic amines is 1. The average Bonchev–Trinajstić information content (AvgIpc) is 3.07. The van der Waals surface area contributed by atoms with Crippen LogP contribution in [-0.4, -0.2) is 4.98 Å². The highest BCUT2D eigenvalue weighted by Crippen LogP contribution is 2.13. The first-order valence-electron chi connectivity index (χ1n) is 6.86. The van der Waals surface area contributed by atoms with Gasteiger partial charge in [-0.1, -0.05) is 54.6 Å². The molecule has 3 aromatic rings. The smallest absolute Gasteiger partial charge is 0.243 e. The zero-order valence-corrected chi connectivity index (χ0v) is 12.0. The minimum absolute atomic E-state index is 0.161. The quantitative estimate of drug-likeness (QED) is 0.712. The summed E-state index contributed by atoms with van der Waals surface area (Å²) in [5.41, 5.74) is 1.09. The second-order valence-corrected chi connectivity index (χ2v) is 4.54. The fourth-order valence-electron chi connectivity index (χ4n) is 1.94. The minimum Gasteiger partial charge on any atom is -0.243 e. The predicted octanol–water partition coefficient (Wildman–Crippen LogP) is 3.74. The van der Waals surface area contributed by atoms with Crippen molar-refractivity contribution in [1.29, 1.82) is 5.26 Å². The highest BCUT2D eigenvalue weighted by molar-refractivity contribution is 5.51. The fraction of sp³-hybridized carbons (Fsp3) is 0.111. The molecule has 0 bridgehead atoms. The van der Waals surface area contributed by atoms with E-state index < -0.39 is 0 Å². The second-order valence-electron chi connectivity index (χ2n) is 4.54. The van der Waals surface area contributed by atoms with Gasteiger partial charge >= 0.3 is 0 Å². The third-order valence-electron chi connectivity index (χ3n) is 3.03. The maximum absolute atomic E-state index is 8.89. The second kappa shape index (κ2) is 7.66. The van der Waals surface area contributed by atoms with Gasteiger partial charge in [0.15, 0.2) is 6.04 Å². The Hall–Kier alpha value is -2.86. The standard InChI is InChI=1S/C12H11N3.C6H6/c1-10(9-13)15-8-7-14-12(15)11-5-3-2-4-6-11;1-2-4-6-5-3-1/h2-8,10H,1H3;1-6H/p+1. The number of nitrogens with zero attached hydrogens (tertiary/aromatic N) is 2. The molecule has 0 amide bonds. The summed E-state index contributed by atoms with van der Waals surface area (Å²) < 4.78 is 1.93. The number of aromatic nitrogens is 2.